The molecule has 0 spiro atoms. The van der Waals surface area contributed by atoms with Gasteiger partial charge < -0.3 is 15.0 Å². The van der Waals surface area contributed by atoms with Crippen LogP contribution in [0.2, 0.25) is 10.0 Å². The molecule has 12 heteroatoms. The molecule has 0 aliphatic carbocycles. The van der Waals surface area contributed by atoms with Gasteiger partial charge in [-0.2, -0.15) is 0 Å². The first-order valence-corrected chi connectivity index (χ1v) is 14.6. The minimum atomic E-state index is -4.31. The third-order valence-electron chi connectivity index (χ3n) is 6.13. The number of rotatable bonds is 12. The van der Waals surface area contributed by atoms with Crippen molar-refractivity contribution in [2.24, 2.45) is 0 Å². The number of nitrogens with one attached hydrogen (secondary N) is 1. The molecule has 1 N–H and O–H groups in total. The zero-order chi connectivity index (χ0) is 29.4. The van der Waals surface area contributed by atoms with Gasteiger partial charge in [-0.3, -0.25) is 13.9 Å². The van der Waals surface area contributed by atoms with Gasteiger partial charge in [0.1, 0.15) is 24.2 Å². The molecule has 3 rings (SSSR count). The van der Waals surface area contributed by atoms with Gasteiger partial charge in [0.05, 0.1) is 17.7 Å². The Kier molecular flexibility index (Phi) is 10.8. The zero-order valence-corrected chi connectivity index (χ0v) is 24.6. The smallest absolute Gasteiger partial charge is 0.264 e. The Morgan fingerprint density at radius 3 is 2.20 bits per heavy atom. The fraction of sp³-hybridized carbons (Fsp3) is 0.286. The van der Waals surface area contributed by atoms with E-state index in [-0.39, 0.29) is 28.6 Å². The number of carbonyl (C=O) groups excluding carboxylic acids is 2. The molecule has 0 saturated carbocycles. The Balaban J connectivity index is 2.07. The summed E-state index contributed by atoms with van der Waals surface area (Å²) in [5.74, 6) is -1.18. The van der Waals surface area contributed by atoms with Crippen LogP contribution in [0.3, 0.4) is 0 Å². The highest BCUT2D eigenvalue weighted by Crippen LogP contribution is 2.28. The van der Waals surface area contributed by atoms with Gasteiger partial charge in [0.2, 0.25) is 11.8 Å². The molecule has 1 atom stereocenters. The molecule has 40 heavy (non-hydrogen) atoms. The minimum Gasteiger partial charge on any atom is -0.497 e. The maximum absolute atomic E-state index is 13.9. The van der Waals surface area contributed by atoms with Gasteiger partial charge in [-0.05, 0) is 79.6 Å². The third-order valence-corrected chi connectivity index (χ3v) is 8.51. The van der Waals surface area contributed by atoms with Gasteiger partial charge >= 0.3 is 0 Å². The van der Waals surface area contributed by atoms with Crippen LogP contribution >= 0.6 is 23.2 Å². The summed E-state index contributed by atoms with van der Waals surface area (Å²) in [5.41, 5.74) is 0.592. The number of anilines is 1. The number of carbonyl (C=O) groups is 2. The molecular weight excluding hydrogens is 580 g/mol. The van der Waals surface area contributed by atoms with E-state index in [0.29, 0.717) is 22.9 Å². The Morgan fingerprint density at radius 2 is 1.65 bits per heavy atom. The van der Waals surface area contributed by atoms with Crippen molar-refractivity contribution in [3.8, 4) is 5.75 Å². The first-order chi connectivity index (χ1) is 19.0. The van der Waals surface area contributed by atoms with Crippen LogP contribution < -0.4 is 14.4 Å². The zero-order valence-electron chi connectivity index (χ0n) is 22.2. The SMILES string of the molecule is CCNC(=O)[C@H](CC)N(Cc1ccc(Cl)cc1Cl)C(=O)CN(c1ccc(F)cc1)S(=O)(=O)c1ccc(OC)cc1. The Bertz CT molecular complexity index is 1440. The number of halogens is 3. The molecule has 0 aromatic heterocycles. The van der Waals surface area contributed by atoms with Crippen LogP contribution in [0, 0.1) is 5.82 Å². The van der Waals surface area contributed by atoms with Gasteiger partial charge in [0, 0.05) is 23.1 Å². The Labute approximate surface area is 243 Å². The van der Waals surface area contributed by atoms with Crippen LogP contribution in [0.1, 0.15) is 25.8 Å². The first kappa shape index (κ1) is 31.2. The van der Waals surface area contributed by atoms with Crippen LogP contribution in [0.5, 0.6) is 5.75 Å². The summed E-state index contributed by atoms with van der Waals surface area (Å²) in [5, 5.41) is 3.41. The highest BCUT2D eigenvalue weighted by Gasteiger charge is 2.34. The summed E-state index contributed by atoms with van der Waals surface area (Å²) in [6, 6.07) is 14.3. The molecule has 0 aliphatic heterocycles. The molecule has 0 heterocycles. The number of hydrogen-bond donors (Lipinski definition) is 1. The first-order valence-electron chi connectivity index (χ1n) is 12.4. The van der Waals surface area contributed by atoms with Crippen molar-refractivity contribution in [3.63, 3.8) is 0 Å². The van der Waals surface area contributed by atoms with Gasteiger partial charge in [-0.1, -0.05) is 36.2 Å². The molecule has 0 saturated heterocycles. The number of sulfonamides is 1. The monoisotopic (exact) mass is 609 g/mol. The fourth-order valence-corrected chi connectivity index (χ4v) is 5.94. The number of ether oxygens (including phenoxy) is 1. The van der Waals surface area contributed by atoms with Gasteiger partial charge in [0.25, 0.3) is 10.0 Å². The number of hydrogen-bond acceptors (Lipinski definition) is 5. The molecule has 3 aromatic rings. The summed E-state index contributed by atoms with van der Waals surface area (Å²) in [6.45, 7) is 3.10. The maximum atomic E-state index is 13.9. The van der Waals surface area contributed by atoms with Crippen molar-refractivity contribution in [1.29, 1.82) is 0 Å². The van der Waals surface area contributed by atoms with E-state index in [1.54, 1.807) is 26.0 Å². The van der Waals surface area contributed by atoms with E-state index in [0.717, 1.165) is 16.4 Å². The van der Waals surface area contributed by atoms with Crippen LogP contribution in [-0.2, 0) is 26.2 Å². The second-order valence-corrected chi connectivity index (χ2v) is 11.4. The summed E-state index contributed by atoms with van der Waals surface area (Å²) in [4.78, 5) is 28.1. The fourth-order valence-electron chi connectivity index (χ4n) is 4.06. The number of amides is 2. The van der Waals surface area contributed by atoms with Crippen molar-refractivity contribution in [3.05, 3.63) is 88.2 Å². The van der Waals surface area contributed by atoms with E-state index in [2.05, 4.69) is 5.32 Å². The number of benzene rings is 3. The lowest BCUT2D eigenvalue weighted by Gasteiger charge is -2.33. The highest BCUT2D eigenvalue weighted by atomic mass is 35.5. The third kappa shape index (κ3) is 7.44. The molecule has 0 unspecified atom stereocenters. The van der Waals surface area contributed by atoms with E-state index >= 15 is 0 Å². The molecule has 8 nitrogen and oxygen atoms in total. The number of methoxy groups -OCH3 is 1. The molecule has 3 aromatic carbocycles. The predicted octanol–water partition coefficient (Wildman–Crippen LogP) is 5.28. The normalized spacial score (nSPS) is 11.9. The summed E-state index contributed by atoms with van der Waals surface area (Å²) in [7, 11) is -2.85. The predicted molar refractivity (Wildman–Crippen MR) is 154 cm³/mol. The van der Waals surface area contributed by atoms with Crippen molar-refractivity contribution in [2.75, 3.05) is 24.5 Å². The van der Waals surface area contributed by atoms with E-state index in [1.165, 1.54) is 54.5 Å². The lowest BCUT2D eigenvalue weighted by molar-refractivity contribution is -0.140. The van der Waals surface area contributed by atoms with Crippen molar-refractivity contribution >= 4 is 50.7 Å². The van der Waals surface area contributed by atoms with Crippen LogP contribution in [-0.4, -0.2) is 51.4 Å². The molecule has 0 aliphatic rings. The standard InChI is InChI=1S/C28H30Cl2FN3O5S/c1-4-26(28(36)32-5-2)33(17-19-6-7-20(29)16-25(19)30)27(35)18-34(22-10-8-21(31)9-11-22)40(37,38)24-14-12-23(39-3)13-15-24/h6-16,26H,4-5,17-18H2,1-3H3,(H,32,36)/t26-/m0/s1. The Morgan fingerprint density at radius 1 is 1.00 bits per heavy atom. The van der Waals surface area contributed by atoms with E-state index < -0.39 is 40.2 Å². The van der Waals surface area contributed by atoms with Crippen LogP contribution in [0.25, 0.3) is 0 Å². The quantitative estimate of drug-likeness (QED) is 0.301. The van der Waals surface area contributed by atoms with Gasteiger partial charge in [0.15, 0.2) is 0 Å². The number of nitrogens with zero attached hydrogens (tertiary/aromatic N) is 2. The summed E-state index contributed by atoms with van der Waals surface area (Å²) < 4.78 is 47.4. The minimum absolute atomic E-state index is 0.0705. The molecular formula is C28H30Cl2FN3O5S. The lowest BCUT2D eigenvalue weighted by atomic mass is 10.1. The van der Waals surface area contributed by atoms with Crippen LogP contribution in [0.4, 0.5) is 10.1 Å². The molecule has 214 valence electrons. The highest BCUT2D eigenvalue weighted by molar-refractivity contribution is 7.92. The van der Waals surface area contributed by atoms with Crippen molar-refractivity contribution in [1.82, 2.24) is 10.2 Å². The average molecular weight is 611 g/mol. The second-order valence-electron chi connectivity index (χ2n) is 8.74. The molecule has 0 radical (unpaired) electrons. The summed E-state index contributed by atoms with van der Waals surface area (Å²) >= 11 is 12.4. The summed E-state index contributed by atoms with van der Waals surface area (Å²) in [6.07, 6.45) is 0.255. The van der Waals surface area contributed by atoms with Gasteiger partial charge in [-0.25, -0.2) is 12.8 Å². The second kappa shape index (κ2) is 13.8. The van der Waals surface area contributed by atoms with E-state index in [1.807, 2.05) is 0 Å². The van der Waals surface area contributed by atoms with Crippen molar-refractivity contribution in [2.45, 2.75) is 37.8 Å². The Hall–Kier alpha value is -3.34. The van der Waals surface area contributed by atoms with E-state index in [4.69, 9.17) is 27.9 Å². The molecule has 0 bridgehead atoms. The largest absolute Gasteiger partial charge is 0.497 e. The van der Waals surface area contributed by atoms with E-state index in [9.17, 15) is 22.4 Å². The number of likely N-dealkylation sites (N-methyl/N-ethyl adjacent to an activating group) is 1. The topological polar surface area (TPSA) is 96.0 Å². The van der Waals surface area contributed by atoms with Crippen molar-refractivity contribution < 1.29 is 27.1 Å². The maximum Gasteiger partial charge on any atom is 0.264 e. The lowest BCUT2D eigenvalue weighted by Crippen LogP contribution is -2.52. The van der Waals surface area contributed by atoms with Crippen LogP contribution in [0.15, 0.2) is 71.6 Å². The molecule has 0 fully saturated rings. The molecule has 2 amide bonds. The van der Waals surface area contributed by atoms with Gasteiger partial charge in [-0.15, -0.1) is 0 Å². The average Bonchev–Trinajstić information content (AvgIpc) is 2.93.